The van der Waals surface area contributed by atoms with Crippen LogP contribution in [0, 0.1) is 13.8 Å². The number of hydrogen-bond donors (Lipinski definition) is 2. The van der Waals surface area contributed by atoms with Crippen molar-refractivity contribution in [2.45, 2.75) is 39.8 Å². The van der Waals surface area contributed by atoms with Crippen LogP contribution in [0.15, 0.2) is 34.8 Å². The van der Waals surface area contributed by atoms with Gasteiger partial charge in [0, 0.05) is 19.8 Å². The monoisotopic (exact) mass is 408 g/mol. The Morgan fingerprint density at radius 2 is 1.71 bits per heavy atom. The van der Waals surface area contributed by atoms with Crippen LogP contribution in [0.1, 0.15) is 45.6 Å². The largest absolute Gasteiger partial charge is 0.348 e. The van der Waals surface area contributed by atoms with Crippen LogP contribution >= 0.6 is 27.3 Å². The lowest BCUT2D eigenvalue weighted by atomic mass is 10.1. The summed E-state index contributed by atoms with van der Waals surface area (Å²) in [4.78, 5) is 26.9. The summed E-state index contributed by atoms with van der Waals surface area (Å²) in [6.07, 6.45) is 0. The van der Waals surface area contributed by atoms with Gasteiger partial charge in [0.1, 0.15) is 6.04 Å². The van der Waals surface area contributed by atoms with Crippen molar-refractivity contribution in [3.63, 3.8) is 0 Å². The zero-order valence-electron chi connectivity index (χ0n) is 14.1. The summed E-state index contributed by atoms with van der Waals surface area (Å²) in [6, 6.07) is 8.41. The lowest BCUT2D eigenvalue weighted by Gasteiger charge is -2.18. The highest BCUT2D eigenvalue weighted by molar-refractivity contribution is 9.10. The molecule has 0 aliphatic carbocycles. The quantitative estimate of drug-likeness (QED) is 0.781. The van der Waals surface area contributed by atoms with Crippen molar-refractivity contribution >= 4 is 39.1 Å². The lowest BCUT2D eigenvalue weighted by Crippen LogP contribution is -2.45. The number of benzene rings is 1. The first-order valence-electron chi connectivity index (χ1n) is 7.71. The summed E-state index contributed by atoms with van der Waals surface area (Å²) in [6.45, 7) is 7.74. The normalized spacial score (nSPS) is 13.2. The Balaban J connectivity index is 1.95. The molecule has 128 valence electrons. The SMILES string of the molecule is Cc1cc([C@H](C)NC(=O)[C@H](C)NC(=O)c2ccc(Br)cc2)c(C)s1. The molecule has 0 unspecified atom stereocenters. The van der Waals surface area contributed by atoms with Gasteiger partial charge in [-0.1, -0.05) is 15.9 Å². The Bertz CT molecular complexity index is 740. The number of nitrogens with one attached hydrogen (secondary N) is 2. The molecule has 2 amide bonds. The third-order valence-electron chi connectivity index (χ3n) is 3.75. The number of halogens is 1. The molecule has 2 aromatic rings. The molecule has 24 heavy (non-hydrogen) atoms. The fourth-order valence-electron chi connectivity index (χ4n) is 2.44. The van der Waals surface area contributed by atoms with Crippen LogP contribution < -0.4 is 10.6 Å². The van der Waals surface area contributed by atoms with E-state index < -0.39 is 6.04 Å². The Hall–Kier alpha value is -1.66. The number of carbonyl (C=O) groups excluding carboxylic acids is 2. The number of hydrogen-bond acceptors (Lipinski definition) is 3. The fourth-order valence-corrected chi connectivity index (χ4v) is 3.73. The Kier molecular flexibility index (Phi) is 6.18. The van der Waals surface area contributed by atoms with Gasteiger partial charge in [-0.25, -0.2) is 0 Å². The highest BCUT2D eigenvalue weighted by Gasteiger charge is 2.20. The molecule has 2 N–H and O–H groups in total. The van der Waals surface area contributed by atoms with E-state index >= 15 is 0 Å². The smallest absolute Gasteiger partial charge is 0.251 e. The maximum absolute atomic E-state index is 12.3. The zero-order chi connectivity index (χ0) is 17.9. The number of thiophene rings is 1. The Labute approximate surface area is 154 Å². The van der Waals surface area contributed by atoms with Gasteiger partial charge in [0.05, 0.1) is 6.04 Å². The molecule has 1 heterocycles. The van der Waals surface area contributed by atoms with Crippen LogP contribution in [0.3, 0.4) is 0 Å². The van der Waals surface area contributed by atoms with Gasteiger partial charge in [0.2, 0.25) is 5.91 Å². The average Bonchev–Trinajstić information content (AvgIpc) is 2.86. The second kappa shape index (κ2) is 7.94. The maximum Gasteiger partial charge on any atom is 0.251 e. The van der Waals surface area contributed by atoms with Gasteiger partial charge in [0.25, 0.3) is 5.91 Å². The molecule has 0 fully saturated rings. The van der Waals surface area contributed by atoms with Crippen molar-refractivity contribution in [3.05, 3.63) is 55.7 Å². The molecule has 2 atom stereocenters. The van der Waals surface area contributed by atoms with Gasteiger partial charge in [-0.3, -0.25) is 9.59 Å². The highest BCUT2D eigenvalue weighted by atomic mass is 79.9. The zero-order valence-corrected chi connectivity index (χ0v) is 16.5. The molecule has 0 spiro atoms. The highest BCUT2D eigenvalue weighted by Crippen LogP contribution is 2.26. The van der Waals surface area contributed by atoms with Crippen molar-refractivity contribution < 1.29 is 9.59 Å². The summed E-state index contributed by atoms with van der Waals surface area (Å²) in [7, 11) is 0. The second-order valence-electron chi connectivity index (χ2n) is 5.80. The molecule has 0 aliphatic heterocycles. The molecule has 0 radical (unpaired) electrons. The van der Waals surface area contributed by atoms with E-state index in [2.05, 4.69) is 39.6 Å². The first-order valence-corrected chi connectivity index (χ1v) is 9.32. The minimum atomic E-state index is -0.608. The second-order valence-corrected chi connectivity index (χ2v) is 8.18. The van der Waals surface area contributed by atoms with Crippen molar-refractivity contribution in [1.82, 2.24) is 10.6 Å². The third kappa shape index (κ3) is 4.68. The van der Waals surface area contributed by atoms with Crippen molar-refractivity contribution in [1.29, 1.82) is 0 Å². The first-order chi connectivity index (χ1) is 11.3. The van der Waals surface area contributed by atoms with Crippen LogP contribution in [-0.2, 0) is 4.79 Å². The number of carbonyl (C=O) groups is 2. The molecule has 4 nitrogen and oxygen atoms in total. The molecular weight excluding hydrogens is 388 g/mol. The van der Waals surface area contributed by atoms with E-state index in [0.29, 0.717) is 5.56 Å². The Morgan fingerprint density at radius 3 is 2.25 bits per heavy atom. The topological polar surface area (TPSA) is 58.2 Å². The van der Waals surface area contributed by atoms with Crippen LogP contribution in [0.5, 0.6) is 0 Å². The summed E-state index contributed by atoms with van der Waals surface area (Å²) >= 11 is 5.05. The van der Waals surface area contributed by atoms with Gasteiger partial charge in [0.15, 0.2) is 0 Å². The number of aryl methyl sites for hydroxylation is 2. The first kappa shape index (κ1) is 18.7. The van der Waals surface area contributed by atoms with Gasteiger partial charge in [-0.05, 0) is 63.6 Å². The maximum atomic E-state index is 12.3. The number of rotatable bonds is 5. The van der Waals surface area contributed by atoms with Crippen LogP contribution in [0.25, 0.3) is 0 Å². The van der Waals surface area contributed by atoms with Crippen molar-refractivity contribution in [2.75, 3.05) is 0 Å². The Morgan fingerprint density at radius 1 is 1.08 bits per heavy atom. The minimum Gasteiger partial charge on any atom is -0.348 e. The predicted molar refractivity (Wildman–Crippen MR) is 101 cm³/mol. The van der Waals surface area contributed by atoms with Gasteiger partial charge >= 0.3 is 0 Å². The van der Waals surface area contributed by atoms with E-state index in [9.17, 15) is 9.59 Å². The molecule has 1 aromatic carbocycles. The van der Waals surface area contributed by atoms with Gasteiger partial charge in [-0.2, -0.15) is 0 Å². The van der Waals surface area contributed by atoms with Crippen molar-refractivity contribution in [2.24, 2.45) is 0 Å². The summed E-state index contributed by atoms with van der Waals surface area (Å²) in [5, 5.41) is 5.69. The standard InChI is InChI=1S/C18H21BrN2O2S/c1-10-9-16(13(4)24-10)11(2)20-17(22)12(3)21-18(23)14-5-7-15(19)8-6-14/h5-9,11-12H,1-4H3,(H,20,22)(H,21,23)/t11-,12-/m0/s1. The lowest BCUT2D eigenvalue weighted by molar-refractivity contribution is -0.123. The van der Waals surface area contributed by atoms with E-state index in [1.165, 1.54) is 9.75 Å². The molecule has 1 aromatic heterocycles. The fraction of sp³-hybridized carbons (Fsp3) is 0.333. The molecule has 0 aliphatic rings. The van der Waals surface area contributed by atoms with Crippen LogP contribution in [-0.4, -0.2) is 17.9 Å². The van der Waals surface area contributed by atoms with Gasteiger partial charge < -0.3 is 10.6 Å². The predicted octanol–water partition coefficient (Wildman–Crippen LogP) is 4.12. The molecule has 0 saturated carbocycles. The molecule has 6 heteroatoms. The minimum absolute atomic E-state index is 0.0884. The van der Waals surface area contributed by atoms with E-state index in [1.807, 2.05) is 13.8 Å². The van der Waals surface area contributed by atoms with Crippen molar-refractivity contribution in [3.8, 4) is 0 Å². The molecule has 0 bridgehead atoms. The number of amides is 2. The molecular formula is C18H21BrN2O2S. The third-order valence-corrected chi connectivity index (χ3v) is 5.26. The van der Waals surface area contributed by atoms with E-state index in [1.54, 1.807) is 42.5 Å². The summed E-state index contributed by atoms with van der Waals surface area (Å²) in [5.41, 5.74) is 1.65. The van der Waals surface area contributed by atoms with Crippen LogP contribution in [0.2, 0.25) is 0 Å². The van der Waals surface area contributed by atoms with E-state index in [0.717, 1.165) is 10.0 Å². The van der Waals surface area contributed by atoms with E-state index in [4.69, 9.17) is 0 Å². The summed E-state index contributed by atoms with van der Waals surface area (Å²) in [5.74, 6) is -0.462. The molecule has 2 rings (SSSR count). The van der Waals surface area contributed by atoms with Gasteiger partial charge in [-0.15, -0.1) is 11.3 Å². The van der Waals surface area contributed by atoms with Crippen LogP contribution in [0.4, 0.5) is 0 Å². The molecule has 0 saturated heterocycles. The average molecular weight is 409 g/mol. The summed E-state index contributed by atoms with van der Waals surface area (Å²) < 4.78 is 0.903. The van der Waals surface area contributed by atoms with E-state index in [-0.39, 0.29) is 17.9 Å².